The smallest absolute Gasteiger partial charge is 0.316 e. The topological polar surface area (TPSA) is 116 Å². The van der Waals surface area contributed by atoms with E-state index in [0.29, 0.717) is 42.7 Å². The van der Waals surface area contributed by atoms with Crippen LogP contribution >= 0.6 is 0 Å². The maximum absolute atomic E-state index is 14.2. The normalized spacial score (nSPS) is 41.5. The fourth-order valence-electron chi connectivity index (χ4n) is 7.94. The lowest BCUT2D eigenvalue weighted by atomic mass is 9.71. The third kappa shape index (κ3) is 6.99. The molecule has 1 aliphatic carbocycles. The highest BCUT2D eigenvalue weighted by atomic mass is 16.7. The predicted molar refractivity (Wildman–Crippen MR) is 176 cm³/mol. The molecule has 9 nitrogen and oxygen atoms in total. The van der Waals surface area contributed by atoms with Gasteiger partial charge in [-0.05, 0) is 62.2 Å². The Balaban J connectivity index is 1.55. The van der Waals surface area contributed by atoms with Gasteiger partial charge in [-0.3, -0.25) is 4.79 Å². The highest BCUT2D eigenvalue weighted by molar-refractivity contribution is 5.88. The Bertz CT molecular complexity index is 1340. The second-order valence-electron chi connectivity index (χ2n) is 14.5. The first-order valence-corrected chi connectivity index (χ1v) is 16.8. The average molecular weight is 640 g/mol. The van der Waals surface area contributed by atoms with Crippen molar-refractivity contribution in [3.63, 3.8) is 0 Å². The number of nitrogens with zero attached hydrogens (tertiary/aromatic N) is 1. The Kier molecular flexibility index (Phi) is 10.5. The third-order valence-corrected chi connectivity index (χ3v) is 10.1. The van der Waals surface area contributed by atoms with Gasteiger partial charge in [0.2, 0.25) is 0 Å². The number of ether oxygens (including phenoxy) is 4. The summed E-state index contributed by atoms with van der Waals surface area (Å²) in [5.41, 5.74) is 2.54. The second kappa shape index (κ2) is 13.9. The lowest BCUT2D eigenvalue weighted by Crippen LogP contribution is -2.59. The van der Waals surface area contributed by atoms with E-state index < -0.39 is 41.6 Å². The van der Waals surface area contributed by atoms with Crippen LogP contribution in [0.15, 0.2) is 63.9 Å². The largest absolute Gasteiger partial charge is 0.462 e. The molecule has 3 fully saturated rings. The molecule has 9 heteroatoms. The summed E-state index contributed by atoms with van der Waals surface area (Å²) in [6.45, 7) is 14.6. The van der Waals surface area contributed by atoms with Gasteiger partial charge in [0.1, 0.15) is 36.9 Å². The van der Waals surface area contributed by atoms with Crippen LogP contribution in [0.1, 0.15) is 80.6 Å². The summed E-state index contributed by atoms with van der Waals surface area (Å²) in [6, 6.07) is 0. The van der Waals surface area contributed by atoms with Crippen LogP contribution in [0, 0.1) is 23.7 Å². The molecule has 0 aromatic heterocycles. The van der Waals surface area contributed by atoms with Gasteiger partial charge >= 0.3 is 5.97 Å². The first-order valence-electron chi connectivity index (χ1n) is 16.8. The van der Waals surface area contributed by atoms with E-state index in [9.17, 15) is 15.0 Å². The van der Waals surface area contributed by atoms with Crippen molar-refractivity contribution in [3.8, 4) is 0 Å². The molecule has 5 aliphatic rings. The average Bonchev–Trinajstić information content (AvgIpc) is 3.31. The number of allylic oxidation sites excluding steroid dienone is 5. The molecule has 0 radical (unpaired) electrons. The van der Waals surface area contributed by atoms with Gasteiger partial charge in [-0.25, -0.2) is 0 Å². The maximum atomic E-state index is 14.2. The number of carbonyl (C=O) groups excluding carboxylic acids is 1. The van der Waals surface area contributed by atoms with Crippen LogP contribution < -0.4 is 0 Å². The fourth-order valence-corrected chi connectivity index (χ4v) is 7.94. The summed E-state index contributed by atoms with van der Waals surface area (Å²) < 4.78 is 26.0. The molecule has 10 atom stereocenters. The number of esters is 1. The SMILES string of the molecule is CO/N=C1\C[C@]2(C[C@@H]3C[C@@H](CC=C(C)C[C@@H](C)C=CC=C4CO[C@@H]5[C@H](O)C(C)=C[C@H](C(=O)O3)[C@]45O)O2)O[C@H](/C(C)=C/C(C)C)[C@H]1C. The molecule has 0 saturated carbocycles. The minimum Gasteiger partial charge on any atom is -0.462 e. The molecule has 0 unspecified atom stereocenters. The van der Waals surface area contributed by atoms with Gasteiger partial charge in [0.25, 0.3) is 0 Å². The molecule has 0 amide bonds. The van der Waals surface area contributed by atoms with Gasteiger partial charge in [-0.15, -0.1) is 0 Å². The first-order chi connectivity index (χ1) is 21.8. The van der Waals surface area contributed by atoms with Gasteiger partial charge in [-0.2, -0.15) is 0 Å². The van der Waals surface area contributed by atoms with Crippen LogP contribution in [0.5, 0.6) is 0 Å². The third-order valence-electron chi connectivity index (χ3n) is 10.1. The predicted octanol–water partition coefficient (Wildman–Crippen LogP) is 5.73. The van der Waals surface area contributed by atoms with E-state index in [1.165, 1.54) is 5.57 Å². The summed E-state index contributed by atoms with van der Waals surface area (Å²) in [7, 11) is 1.55. The maximum Gasteiger partial charge on any atom is 0.316 e. The van der Waals surface area contributed by atoms with Crippen molar-refractivity contribution < 1.29 is 38.8 Å². The molecule has 0 aromatic carbocycles. The molecular weight excluding hydrogens is 586 g/mol. The van der Waals surface area contributed by atoms with Gasteiger partial charge in [-0.1, -0.05) is 74.9 Å². The molecule has 46 heavy (non-hydrogen) atoms. The number of oxime groups is 1. The first kappa shape index (κ1) is 34.8. The number of carbonyl (C=O) groups is 1. The lowest BCUT2D eigenvalue weighted by Gasteiger charge is -2.50. The second-order valence-corrected chi connectivity index (χ2v) is 14.5. The van der Waals surface area contributed by atoms with Crippen LogP contribution in [0.2, 0.25) is 0 Å². The van der Waals surface area contributed by atoms with Crippen LogP contribution in [0.25, 0.3) is 0 Å². The van der Waals surface area contributed by atoms with E-state index >= 15 is 0 Å². The Hall–Kier alpha value is -2.56. The molecule has 254 valence electrons. The molecule has 2 N–H and O–H groups in total. The van der Waals surface area contributed by atoms with E-state index in [4.69, 9.17) is 23.8 Å². The van der Waals surface area contributed by atoms with Gasteiger partial charge in [0, 0.05) is 25.2 Å². The zero-order valence-electron chi connectivity index (χ0n) is 28.7. The van der Waals surface area contributed by atoms with Crippen molar-refractivity contribution in [3.05, 3.63) is 58.7 Å². The van der Waals surface area contributed by atoms with Crippen LogP contribution in [0.3, 0.4) is 0 Å². The van der Waals surface area contributed by atoms with Gasteiger partial charge < -0.3 is 34.0 Å². The van der Waals surface area contributed by atoms with Crippen molar-refractivity contribution in [2.75, 3.05) is 13.7 Å². The molecule has 4 aliphatic heterocycles. The van der Waals surface area contributed by atoms with E-state index in [1.54, 1.807) is 20.1 Å². The number of hydrogen-bond donors (Lipinski definition) is 2. The molecule has 3 saturated heterocycles. The van der Waals surface area contributed by atoms with Gasteiger partial charge in [0.05, 0.1) is 24.5 Å². The molecule has 4 heterocycles. The summed E-state index contributed by atoms with van der Waals surface area (Å²) in [5.74, 6) is -2.15. The number of aliphatic hydroxyl groups excluding tert-OH is 1. The van der Waals surface area contributed by atoms with Crippen molar-refractivity contribution in [2.24, 2.45) is 28.8 Å². The van der Waals surface area contributed by atoms with E-state index in [1.807, 2.05) is 12.2 Å². The highest BCUT2D eigenvalue weighted by Crippen LogP contribution is 2.47. The molecule has 5 rings (SSSR count). The van der Waals surface area contributed by atoms with Crippen LogP contribution in [0.4, 0.5) is 0 Å². The number of fused-ring (bicyclic) bond motifs is 2. The fraction of sp³-hybridized carbons (Fsp3) is 0.676. The number of hydrogen-bond acceptors (Lipinski definition) is 9. The van der Waals surface area contributed by atoms with Gasteiger partial charge in [0.15, 0.2) is 5.79 Å². The number of rotatable bonds is 3. The van der Waals surface area contributed by atoms with Crippen LogP contribution in [-0.2, 0) is 28.6 Å². The summed E-state index contributed by atoms with van der Waals surface area (Å²) in [6.07, 6.45) is 11.4. The monoisotopic (exact) mass is 639 g/mol. The Morgan fingerprint density at radius 2 is 1.96 bits per heavy atom. The Morgan fingerprint density at radius 3 is 2.67 bits per heavy atom. The minimum absolute atomic E-state index is 0.0340. The minimum atomic E-state index is -1.74. The van der Waals surface area contributed by atoms with Crippen molar-refractivity contribution in [1.82, 2.24) is 0 Å². The standard InChI is InChI=1S/C37H53NO8/c1-21(2)14-25(6)33-26(7)31(38-42-8)19-36(46-33)18-29-17-28(45-36)13-12-23(4)15-22(3)10-9-11-27-20-43-34-32(39)24(5)16-30(35(40)44-29)37(27,34)41/h9-12,14,16,21-22,26,28-30,32-34,39,41H,13,15,17-20H2,1-8H3/b10-9?,23-12?,25-14+,27-11?,38-31+/t22-,26-,28+,29-,30+,32+,33+,34+,36-,37+/m0/s1. The zero-order chi connectivity index (χ0) is 33.4. The van der Waals surface area contributed by atoms with Crippen LogP contribution in [-0.4, -0.2) is 77.5 Å². The lowest BCUT2D eigenvalue weighted by molar-refractivity contribution is -0.313. The molecule has 0 aromatic rings. The van der Waals surface area contributed by atoms with Crippen molar-refractivity contribution >= 4 is 11.7 Å². The van der Waals surface area contributed by atoms with Crippen molar-refractivity contribution in [1.29, 1.82) is 0 Å². The molecular formula is C37H53NO8. The van der Waals surface area contributed by atoms with E-state index in [2.05, 4.69) is 64.9 Å². The summed E-state index contributed by atoms with van der Waals surface area (Å²) in [5, 5.41) is 27.6. The van der Waals surface area contributed by atoms with E-state index in [0.717, 1.165) is 17.7 Å². The number of aliphatic hydroxyl groups is 2. The summed E-state index contributed by atoms with van der Waals surface area (Å²) >= 11 is 0. The van der Waals surface area contributed by atoms with Crippen molar-refractivity contribution in [2.45, 2.75) is 122 Å². The van der Waals surface area contributed by atoms with E-state index in [-0.39, 0.29) is 30.7 Å². The molecule has 1 spiro atoms. The highest BCUT2D eigenvalue weighted by Gasteiger charge is 2.60. The molecule has 2 bridgehead atoms. The Morgan fingerprint density at radius 1 is 1.20 bits per heavy atom. The zero-order valence-corrected chi connectivity index (χ0v) is 28.7. The quantitative estimate of drug-likeness (QED) is 0.229. The summed E-state index contributed by atoms with van der Waals surface area (Å²) in [4.78, 5) is 19.4. The Labute approximate surface area is 274 Å².